The highest BCUT2D eigenvalue weighted by atomic mass is 32.2. The van der Waals surface area contributed by atoms with Gasteiger partial charge in [-0.3, -0.25) is 14.6 Å². The summed E-state index contributed by atoms with van der Waals surface area (Å²) < 4.78 is 30.9. The van der Waals surface area contributed by atoms with E-state index in [1.807, 2.05) is 0 Å². The Hall–Kier alpha value is -5.36. The zero-order valence-corrected chi connectivity index (χ0v) is 23.6. The Balaban J connectivity index is 0.00000384. The van der Waals surface area contributed by atoms with Gasteiger partial charge in [-0.2, -0.15) is 0 Å². The number of furan rings is 1. The average Bonchev–Trinajstić information content (AvgIpc) is 3.61. The molecule has 3 aromatic heterocycles. The fraction of sp³-hybridized carbons (Fsp3) is 0.156. The first kappa shape index (κ1) is 30.1. The van der Waals surface area contributed by atoms with Crippen molar-refractivity contribution in [3.63, 3.8) is 0 Å². The molecule has 0 bridgehead atoms. The second-order valence-electron chi connectivity index (χ2n) is 9.74. The van der Waals surface area contributed by atoms with E-state index in [-0.39, 0.29) is 29.0 Å². The first-order chi connectivity index (χ1) is 20.9. The van der Waals surface area contributed by atoms with Crippen molar-refractivity contribution in [1.82, 2.24) is 24.8 Å². The van der Waals surface area contributed by atoms with Crippen LogP contribution in [0.5, 0.6) is 0 Å². The normalized spacial score (nSPS) is 13.2. The first-order valence-electron chi connectivity index (χ1n) is 13.5. The van der Waals surface area contributed by atoms with E-state index in [0.29, 0.717) is 54.8 Å². The van der Waals surface area contributed by atoms with Crippen LogP contribution < -0.4 is 5.32 Å². The summed E-state index contributed by atoms with van der Waals surface area (Å²) in [6.45, 7) is 1.73. The minimum atomic E-state index is -3.65. The smallest absolute Gasteiger partial charge is 0.289 e. The lowest BCUT2D eigenvalue weighted by Crippen LogP contribution is -2.50. The molecule has 0 atom stereocenters. The molecular formula is C32H30N6O5S. The molecule has 1 saturated heterocycles. The molecule has 12 heteroatoms. The zero-order valence-electron chi connectivity index (χ0n) is 22.8. The van der Waals surface area contributed by atoms with E-state index in [4.69, 9.17) is 4.42 Å². The number of anilines is 2. The Kier molecular flexibility index (Phi) is 8.81. The van der Waals surface area contributed by atoms with Gasteiger partial charge >= 0.3 is 0 Å². The number of rotatable bonds is 7. The maximum Gasteiger partial charge on any atom is 0.289 e. The summed E-state index contributed by atoms with van der Waals surface area (Å²) in [5.41, 5.74) is 2.57. The summed E-state index contributed by atoms with van der Waals surface area (Å²) in [5.74, 6) is 0.360. The van der Waals surface area contributed by atoms with Crippen molar-refractivity contribution in [2.45, 2.75) is 17.2 Å². The van der Waals surface area contributed by atoms with Crippen LogP contribution in [0.4, 0.5) is 11.6 Å². The Labute approximate surface area is 255 Å². The van der Waals surface area contributed by atoms with Gasteiger partial charge in [-0.25, -0.2) is 18.4 Å². The van der Waals surface area contributed by atoms with Crippen LogP contribution in [0.1, 0.15) is 28.3 Å². The third-order valence-corrected chi connectivity index (χ3v) is 8.84. The van der Waals surface area contributed by atoms with Crippen molar-refractivity contribution in [3.05, 3.63) is 115 Å². The van der Waals surface area contributed by atoms with Gasteiger partial charge in [0.1, 0.15) is 0 Å². The van der Waals surface area contributed by atoms with Crippen molar-refractivity contribution >= 4 is 33.3 Å². The number of pyridine rings is 1. The number of aromatic nitrogens is 3. The summed E-state index contributed by atoms with van der Waals surface area (Å²) in [4.78, 5) is 42.0. The number of amides is 2. The second-order valence-corrected chi connectivity index (χ2v) is 11.7. The molecule has 2 aromatic carbocycles. The number of nitrogens with one attached hydrogen (secondary N) is 1. The van der Waals surface area contributed by atoms with Gasteiger partial charge in [0.2, 0.25) is 15.8 Å². The number of benzene rings is 2. The monoisotopic (exact) mass is 610 g/mol. The molecule has 224 valence electrons. The highest BCUT2D eigenvalue weighted by Crippen LogP contribution is 2.25. The van der Waals surface area contributed by atoms with Gasteiger partial charge in [-0.1, -0.05) is 19.6 Å². The lowest BCUT2D eigenvalue weighted by atomic mass is 10.1. The van der Waals surface area contributed by atoms with E-state index >= 15 is 0 Å². The third-order valence-electron chi connectivity index (χ3n) is 7.05. The number of hydrogen-bond donors (Lipinski definition) is 1. The Morgan fingerprint density at radius 2 is 1.39 bits per heavy atom. The topological polar surface area (TPSA) is 139 Å². The Bertz CT molecular complexity index is 1840. The quantitative estimate of drug-likeness (QED) is 0.271. The maximum atomic E-state index is 13.1. The molecule has 0 aliphatic carbocycles. The fourth-order valence-electron chi connectivity index (χ4n) is 4.71. The van der Waals surface area contributed by atoms with Crippen LogP contribution in [-0.4, -0.2) is 71.2 Å². The Morgan fingerprint density at radius 1 is 0.750 bits per heavy atom. The Morgan fingerprint density at radius 3 is 2.02 bits per heavy atom. The molecule has 0 radical (unpaired) electrons. The van der Waals surface area contributed by atoms with Crippen molar-refractivity contribution < 1.29 is 22.4 Å². The molecule has 0 saturated carbocycles. The second kappa shape index (κ2) is 12.9. The van der Waals surface area contributed by atoms with E-state index in [2.05, 4.69) is 20.3 Å². The van der Waals surface area contributed by atoms with Crippen molar-refractivity contribution in [2.75, 3.05) is 31.5 Å². The SMILES string of the molecule is C.O=C(c1ccc(Nc2nccc(-c3ccc(S(=O)(=O)c4ccncc4)cc3)n2)cc1)N1CCN(C(=O)c2ccco2)CC1. The largest absolute Gasteiger partial charge is 0.459 e. The molecular weight excluding hydrogens is 580 g/mol. The van der Waals surface area contributed by atoms with Crippen LogP contribution in [0.2, 0.25) is 0 Å². The summed E-state index contributed by atoms with van der Waals surface area (Å²) in [6, 6.07) is 21.5. The lowest BCUT2D eigenvalue weighted by molar-refractivity contribution is 0.0518. The minimum absolute atomic E-state index is 0. The standard InChI is InChI=1S/C31H26N6O5S.CH4/c38-29(36-17-19-37(20-18-36)30(39)28-2-1-21-42-28)23-3-7-24(8-4-23)34-31-33-16-13-27(35-31)22-5-9-25(10-6-22)43(40,41)26-11-14-32-15-12-26;/h1-16,21H,17-20H2,(H,33,34,35);1H4. The van der Waals surface area contributed by atoms with Crippen LogP contribution in [-0.2, 0) is 9.84 Å². The highest BCUT2D eigenvalue weighted by Gasteiger charge is 2.26. The van der Waals surface area contributed by atoms with E-state index < -0.39 is 9.84 Å². The average molecular weight is 611 g/mol. The van der Waals surface area contributed by atoms with E-state index in [1.165, 1.54) is 30.8 Å². The van der Waals surface area contributed by atoms with E-state index in [1.54, 1.807) is 82.7 Å². The molecule has 5 aromatic rings. The number of carbonyl (C=O) groups excluding carboxylic acids is 2. The highest BCUT2D eigenvalue weighted by molar-refractivity contribution is 7.91. The van der Waals surface area contributed by atoms with Crippen molar-refractivity contribution in [1.29, 1.82) is 0 Å². The first-order valence-corrected chi connectivity index (χ1v) is 14.9. The van der Waals surface area contributed by atoms with Gasteiger partial charge in [0.05, 0.1) is 21.7 Å². The van der Waals surface area contributed by atoms with Gasteiger partial charge in [0.25, 0.3) is 11.8 Å². The number of nitrogens with zero attached hydrogens (tertiary/aromatic N) is 5. The van der Waals surface area contributed by atoms with Crippen molar-refractivity contribution in [2.24, 2.45) is 0 Å². The van der Waals surface area contributed by atoms with E-state index in [9.17, 15) is 18.0 Å². The summed E-state index contributed by atoms with van der Waals surface area (Å²) in [6.07, 6.45) is 5.97. The zero-order chi connectivity index (χ0) is 29.8. The minimum Gasteiger partial charge on any atom is -0.459 e. The molecule has 1 aliphatic heterocycles. The fourth-order valence-corrected chi connectivity index (χ4v) is 5.96. The van der Waals surface area contributed by atoms with Crippen LogP contribution >= 0.6 is 0 Å². The predicted molar refractivity (Wildman–Crippen MR) is 164 cm³/mol. The van der Waals surface area contributed by atoms with Gasteiger partial charge in [-0.15, -0.1) is 0 Å². The molecule has 44 heavy (non-hydrogen) atoms. The van der Waals surface area contributed by atoms with Crippen LogP contribution in [0.25, 0.3) is 11.3 Å². The lowest BCUT2D eigenvalue weighted by Gasteiger charge is -2.34. The molecule has 0 unspecified atom stereocenters. The molecule has 1 fully saturated rings. The van der Waals surface area contributed by atoms with Crippen LogP contribution in [0.15, 0.2) is 118 Å². The van der Waals surface area contributed by atoms with Gasteiger partial charge in [-0.05, 0) is 66.7 Å². The van der Waals surface area contributed by atoms with Crippen LogP contribution in [0.3, 0.4) is 0 Å². The molecule has 1 aliphatic rings. The van der Waals surface area contributed by atoms with Gasteiger partial charge < -0.3 is 19.5 Å². The van der Waals surface area contributed by atoms with Gasteiger partial charge in [0, 0.05) is 61.6 Å². The number of piperazine rings is 1. The maximum absolute atomic E-state index is 13.1. The number of sulfone groups is 1. The predicted octanol–water partition coefficient (Wildman–Crippen LogP) is 4.94. The third kappa shape index (κ3) is 6.35. The summed E-state index contributed by atoms with van der Waals surface area (Å²) in [7, 11) is -3.65. The van der Waals surface area contributed by atoms with E-state index in [0.717, 1.165) is 5.56 Å². The van der Waals surface area contributed by atoms with Crippen LogP contribution in [0, 0.1) is 0 Å². The van der Waals surface area contributed by atoms with Crippen molar-refractivity contribution in [3.8, 4) is 11.3 Å². The molecule has 2 amide bonds. The number of carbonyl (C=O) groups is 2. The molecule has 4 heterocycles. The molecule has 11 nitrogen and oxygen atoms in total. The van der Waals surface area contributed by atoms with Gasteiger partial charge in [0.15, 0.2) is 5.76 Å². The molecule has 1 N–H and O–H groups in total. The summed E-state index contributed by atoms with van der Waals surface area (Å²) in [5, 5.41) is 3.15. The molecule has 6 rings (SSSR count). The number of hydrogen-bond acceptors (Lipinski definition) is 9. The summed E-state index contributed by atoms with van der Waals surface area (Å²) >= 11 is 0. The molecule has 0 spiro atoms.